The molecule has 1 heterocycles. The number of nitrogens with one attached hydrogen (secondary N) is 3. The summed E-state index contributed by atoms with van der Waals surface area (Å²) < 4.78 is 0.680. The van der Waals surface area contributed by atoms with Gasteiger partial charge >= 0.3 is 6.03 Å². The smallest absolute Gasteiger partial charge is 0.325 e. The molecular weight excluding hydrogens is 346 g/mol. The second-order valence-corrected chi connectivity index (χ2v) is 7.43. The summed E-state index contributed by atoms with van der Waals surface area (Å²) in [5.74, 6) is -0.383. The van der Waals surface area contributed by atoms with Crippen molar-refractivity contribution in [1.82, 2.24) is 15.5 Å². The van der Waals surface area contributed by atoms with Gasteiger partial charge in [-0.3, -0.25) is 10.1 Å². The Hall–Kier alpha value is -2.13. The third kappa shape index (κ3) is 5.82. The first-order valence-electron chi connectivity index (χ1n) is 7.49. The Labute approximate surface area is 148 Å². The molecule has 0 bridgehead atoms. The van der Waals surface area contributed by atoms with E-state index in [9.17, 15) is 9.59 Å². The summed E-state index contributed by atoms with van der Waals surface area (Å²) in [7, 11) is 0. The number of anilines is 2. The molecule has 1 aromatic heterocycles. The summed E-state index contributed by atoms with van der Waals surface area (Å²) in [6.45, 7) is 4.61. The lowest BCUT2D eigenvalue weighted by Gasteiger charge is -2.10. The van der Waals surface area contributed by atoms with Crippen molar-refractivity contribution in [3.63, 3.8) is 0 Å². The Kier molecular flexibility index (Phi) is 7.01. The van der Waals surface area contributed by atoms with Crippen LogP contribution in [0.4, 0.5) is 15.6 Å². The Morgan fingerprint density at radius 3 is 2.71 bits per heavy atom. The van der Waals surface area contributed by atoms with Crippen LogP contribution >= 0.6 is 23.1 Å². The summed E-state index contributed by atoms with van der Waals surface area (Å²) in [5, 5.41) is 16.4. The molecule has 0 spiro atoms. The van der Waals surface area contributed by atoms with Crippen LogP contribution in [0.2, 0.25) is 0 Å². The molecule has 0 radical (unpaired) electrons. The monoisotopic (exact) mass is 365 g/mol. The molecule has 0 saturated carbocycles. The van der Waals surface area contributed by atoms with Gasteiger partial charge in [0.2, 0.25) is 11.0 Å². The molecule has 1 aromatic carbocycles. The van der Waals surface area contributed by atoms with E-state index in [0.717, 1.165) is 18.1 Å². The average Bonchev–Trinajstić information content (AvgIpc) is 3.01. The van der Waals surface area contributed by atoms with Gasteiger partial charge in [-0.2, -0.15) is 0 Å². The van der Waals surface area contributed by atoms with Crippen LogP contribution in [0.5, 0.6) is 0 Å². The number of amides is 3. The zero-order valence-electron chi connectivity index (χ0n) is 13.4. The largest absolute Gasteiger partial charge is 0.360 e. The van der Waals surface area contributed by atoms with Crippen molar-refractivity contribution < 1.29 is 9.59 Å². The first kappa shape index (κ1) is 18.2. The molecule has 1 atom stereocenters. The van der Waals surface area contributed by atoms with Crippen LogP contribution in [0.1, 0.15) is 20.3 Å². The van der Waals surface area contributed by atoms with Crippen LogP contribution in [0.15, 0.2) is 34.7 Å². The fourth-order valence-electron chi connectivity index (χ4n) is 1.66. The number of benzene rings is 1. The molecule has 0 fully saturated rings. The fourth-order valence-corrected chi connectivity index (χ4v) is 3.58. The van der Waals surface area contributed by atoms with Crippen LogP contribution in [0, 0.1) is 0 Å². The van der Waals surface area contributed by atoms with Crippen LogP contribution in [0.3, 0.4) is 0 Å². The van der Waals surface area contributed by atoms with Gasteiger partial charge in [-0.25, -0.2) is 4.79 Å². The van der Waals surface area contributed by atoms with E-state index < -0.39 is 11.3 Å². The minimum absolute atomic E-state index is 0.383. The van der Waals surface area contributed by atoms with Crippen molar-refractivity contribution >= 4 is 45.9 Å². The van der Waals surface area contributed by atoms with Gasteiger partial charge in [-0.1, -0.05) is 48.2 Å². The van der Waals surface area contributed by atoms with Gasteiger partial charge in [-0.15, -0.1) is 10.2 Å². The first-order chi connectivity index (χ1) is 11.6. The predicted molar refractivity (Wildman–Crippen MR) is 97.6 cm³/mol. The van der Waals surface area contributed by atoms with Crippen molar-refractivity contribution in [1.29, 1.82) is 0 Å². The minimum Gasteiger partial charge on any atom is -0.360 e. The van der Waals surface area contributed by atoms with Gasteiger partial charge in [0, 0.05) is 12.2 Å². The highest BCUT2D eigenvalue weighted by Crippen LogP contribution is 2.28. The highest BCUT2D eigenvalue weighted by atomic mass is 32.2. The molecule has 128 valence electrons. The van der Waals surface area contributed by atoms with E-state index in [1.54, 1.807) is 31.2 Å². The second-order valence-electron chi connectivity index (χ2n) is 4.87. The lowest BCUT2D eigenvalue weighted by Crippen LogP contribution is -2.38. The van der Waals surface area contributed by atoms with Crippen molar-refractivity contribution in [3.05, 3.63) is 30.3 Å². The molecule has 2 aromatic rings. The van der Waals surface area contributed by atoms with E-state index >= 15 is 0 Å². The van der Waals surface area contributed by atoms with Gasteiger partial charge in [0.15, 0.2) is 4.34 Å². The molecule has 24 heavy (non-hydrogen) atoms. The maximum Gasteiger partial charge on any atom is 0.325 e. The van der Waals surface area contributed by atoms with Gasteiger partial charge in [0.1, 0.15) is 0 Å². The number of carbonyl (C=O) groups is 2. The minimum atomic E-state index is -0.554. The maximum absolute atomic E-state index is 12.1. The lowest BCUT2D eigenvalue weighted by molar-refractivity contribution is -0.119. The molecule has 3 amide bonds. The van der Waals surface area contributed by atoms with Crippen molar-refractivity contribution in [3.8, 4) is 0 Å². The van der Waals surface area contributed by atoms with Gasteiger partial charge < -0.3 is 10.6 Å². The van der Waals surface area contributed by atoms with Gasteiger partial charge in [0.25, 0.3) is 0 Å². The molecule has 7 nitrogen and oxygen atoms in total. The molecule has 1 unspecified atom stereocenters. The highest BCUT2D eigenvalue weighted by molar-refractivity contribution is 8.02. The lowest BCUT2D eigenvalue weighted by atomic mass is 10.3. The maximum atomic E-state index is 12.1. The third-order valence-electron chi connectivity index (χ3n) is 2.85. The Balaban J connectivity index is 1.81. The SMILES string of the molecule is CCCNc1nnc(SC(C)C(=O)NC(=O)Nc2ccccc2)s1. The molecule has 0 aliphatic rings. The van der Waals surface area contributed by atoms with Gasteiger partial charge in [0.05, 0.1) is 5.25 Å². The second kappa shape index (κ2) is 9.24. The molecule has 3 N–H and O–H groups in total. The standard InChI is InChI=1S/C15H19N5O2S2/c1-3-9-16-14-19-20-15(24-14)23-10(2)12(21)18-13(22)17-11-7-5-4-6-8-11/h4-8,10H,3,9H2,1-2H3,(H,16,19)(H2,17,18,21,22). The highest BCUT2D eigenvalue weighted by Gasteiger charge is 2.19. The number of carbonyl (C=O) groups excluding carboxylic acids is 2. The van der Waals surface area contributed by atoms with E-state index in [2.05, 4.69) is 33.1 Å². The zero-order chi connectivity index (χ0) is 17.4. The van der Waals surface area contributed by atoms with Crippen LogP contribution in [-0.2, 0) is 4.79 Å². The number of imide groups is 1. The van der Waals surface area contributed by atoms with Crippen LogP contribution in [0.25, 0.3) is 0 Å². The quantitative estimate of drug-likeness (QED) is 0.652. The number of hydrogen-bond donors (Lipinski definition) is 3. The molecule has 2 rings (SSSR count). The van der Waals surface area contributed by atoms with Crippen molar-refractivity contribution in [2.45, 2.75) is 29.9 Å². The topological polar surface area (TPSA) is 96.0 Å². The van der Waals surface area contributed by atoms with Gasteiger partial charge in [-0.05, 0) is 25.5 Å². The van der Waals surface area contributed by atoms with E-state index in [1.165, 1.54) is 23.1 Å². The molecular formula is C15H19N5O2S2. The number of nitrogens with zero attached hydrogens (tertiary/aromatic N) is 2. The number of rotatable bonds is 7. The average molecular weight is 365 g/mol. The Morgan fingerprint density at radius 2 is 2.00 bits per heavy atom. The fraction of sp³-hybridized carbons (Fsp3) is 0.333. The number of aromatic nitrogens is 2. The summed E-state index contributed by atoms with van der Waals surface area (Å²) in [4.78, 5) is 23.9. The molecule has 0 aliphatic heterocycles. The summed E-state index contributed by atoms with van der Waals surface area (Å²) in [5.41, 5.74) is 0.624. The number of urea groups is 1. The van der Waals surface area contributed by atoms with E-state index in [-0.39, 0.29) is 5.91 Å². The summed E-state index contributed by atoms with van der Waals surface area (Å²) >= 11 is 2.66. The zero-order valence-corrected chi connectivity index (χ0v) is 15.0. The third-order valence-corrected chi connectivity index (χ3v) is 4.91. The summed E-state index contributed by atoms with van der Waals surface area (Å²) in [6.07, 6.45) is 0.997. The van der Waals surface area contributed by atoms with Crippen LogP contribution in [-0.4, -0.2) is 33.9 Å². The van der Waals surface area contributed by atoms with Crippen molar-refractivity contribution in [2.24, 2.45) is 0 Å². The van der Waals surface area contributed by atoms with E-state index in [4.69, 9.17) is 0 Å². The first-order valence-corrected chi connectivity index (χ1v) is 9.19. The van der Waals surface area contributed by atoms with E-state index in [0.29, 0.717) is 10.0 Å². The number of para-hydroxylation sites is 1. The predicted octanol–water partition coefficient (Wildman–Crippen LogP) is 3.19. The normalized spacial score (nSPS) is 11.6. The Morgan fingerprint density at radius 1 is 1.25 bits per heavy atom. The molecule has 9 heteroatoms. The molecule has 0 saturated heterocycles. The summed E-state index contributed by atoms with van der Waals surface area (Å²) in [6, 6.07) is 8.38. The van der Waals surface area contributed by atoms with Crippen LogP contribution < -0.4 is 16.0 Å². The van der Waals surface area contributed by atoms with E-state index in [1.807, 2.05) is 6.07 Å². The Bertz CT molecular complexity index is 678. The number of thioether (sulfide) groups is 1. The number of hydrogen-bond acceptors (Lipinski definition) is 7. The molecule has 0 aliphatic carbocycles. The van der Waals surface area contributed by atoms with Crippen molar-refractivity contribution in [2.75, 3.05) is 17.2 Å².